The number of nitrogens with zero attached hydrogens (tertiary/aromatic N) is 4. The number of fused-ring (bicyclic) bond motifs is 1. The molecule has 0 fully saturated rings. The van der Waals surface area contributed by atoms with Gasteiger partial charge >= 0.3 is 0 Å². The molecule has 3 aromatic rings. The number of carbonyl (C=O) groups is 1. The summed E-state index contributed by atoms with van der Waals surface area (Å²) >= 11 is 1.44. The van der Waals surface area contributed by atoms with Gasteiger partial charge in [0.2, 0.25) is 0 Å². The number of carbonyl (C=O) groups excluding carboxylic acids is 1. The lowest BCUT2D eigenvalue weighted by Crippen LogP contribution is -2.31. The van der Waals surface area contributed by atoms with E-state index in [2.05, 4.69) is 34.5 Å². The van der Waals surface area contributed by atoms with Gasteiger partial charge in [-0.05, 0) is 28.1 Å². The number of thiophene rings is 1. The van der Waals surface area contributed by atoms with E-state index in [-0.39, 0.29) is 17.8 Å². The number of aromatic amines is 1. The summed E-state index contributed by atoms with van der Waals surface area (Å²) in [6.07, 6.45) is 0. The largest absolute Gasteiger partial charge is 0.297 e. The van der Waals surface area contributed by atoms with Gasteiger partial charge in [0.25, 0.3) is 11.9 Å². The Balaban J connectivity index is 2.12. The molecule has 0 saturated heterocycles. The number of rotatable bonds is 4. The first kappa shape index (κ1) is 14.6. The predicted octanol–water partition coefficient (Wildman–Crippen LogP) is 2.75. The van der Waals surface area contributed by atoms with Gasteiger partial charge < -0.3 is 0 Å². The normalized spacial score (nSPS) is 11.3. The van der Waals surface area contributed by atoms with Crippen LogP contribution in [0.15, 0.2) is 24.3 Å². The lowest BCUT2D eigenvalue weighted by Gasteiger charge is -2.16. The van der Waals surface area contributed by atoms with E-state index in [0.717, 1.165) is 20.7 Å². The number of benzene rings is 1. The number of nitrogens with one attached hydrogen (secondary N) is 1. The Hall–Kier alpha value is -2.32. The molecule has 1 aromatic carbocycles. The van der Waals surface area contributed by atoms with Gasteiger partial charge in [-0.3, -0.25) is 9.63 Å². The summed E-state index contributed by atoms with van der Waals surface area (Å²) in [7, 11) is 1.40. The highest BCUT2D eigenvalue weighted by atomic mass is 32.1. The Bertz CT molecular complexity index is 797. The lowest BCUT2D eigenvalue weighted by atomic mass is 9.99. The zero-order valence-corrected chi connectivity index (χ0v) is 13.2. The van der Waals surface area contributed by atoms with Gasteiger partial charge in [0, 0.05) is 4.70 Å². The van der Waals surface area contributed by atoms with Crippen molar-refractivity contribution in [2.75, 3.05) is 12.2 Å². The van der Waals surface area contributed by atoms with Gasteiger partial charge in [-0.15, -0.1) is 21.5 Å². The smallest absolute Gasteiger partial charge is 0.266 e. The Morgan fingerprint density at radius 1 is 1.36 bits per heavy atom. The first-order valence-electron chi connectivity index (χ1n) is 6.77. The van der Waals surface area contributed by atoms with Crippen molar-refractivity contribution < 1.29 is 9.63 Å². The van der Waals surface area contributed by atoms with Gasteiger partial charge in [-0.1, -0.05) is 37.1 Å². The van der Waals surface area contributed by atoms with Crippen LogP contribution in [0.1, 0.15) is 35.0 Å². The average Bonchev–Trinajstić information content (AvgIpc) is 3.14. The van der Waals surface area contributed by atoms with Gasteiger partial charge in [-0.2, -0.15) is 5.21 Å². The number of hydrogen-bond donors (Lipinski definition) is 1. The number of H-pyrrole nitrogens is 1. The number of amides is 1. The van der Waals surface area contributed by atoms with Crippen molar-refractivity contribution in [3.05, 3.63) is 34.7 Å². The molecule has 0 bridgehead atoms. The van der Waals surface area contributed by atoms with Crippen LogP contribution in [0, 0.1) is 0 Å². The summed E-state index contributed by atoms with van der Waals surface area (Å²) in [5.41, 5.74) is 1.01. The van der Waals surface area contributed by atoms with E-state index in [1.54, 1.807) is 0 Å². The van der Waals surface area contributed by atoms with Crippen molar-refractivity contribution in [3.8, 4) is 0 Å². The summed E-state index contributed by atoms with van der Waals surface area (Å²) in [5.74, 6) is -0.00691. The molecule has 8 heteroatoms. The fraction of sp³-hybridized carbons (Fsp3) is 0.286. The van der Waals surface area contributed by atoms with E-state index in [0.29, 0.717) is 4.88 Å². The molecule has 0 unspecified atom stereocenters. The van der Waals surface area contributed by atoms with Gasteiger partial charge in [0.1, 0.15) is 0 Å². The van der Waals surface area contributed by atoms with Crippen LogP contribution in [0.2, 0.25) is 0 Å². The molecule has 114 valence electrons. The summed E-state index contributed by atoms with van der Waals surface area (Å²) in [5, 5.41) is 15.5. The average molecular weight is 317 g/mol. The molecule has 7 nitrogen and oxygen atoms in total. The maximum atomic E-state index is 12.9. The second-order valence-electron chi connectivity index (χ2n) is 4.99. The van der Waals surface area contributed by atoms with Crippen molar-refractivity contribution in [2.45, 2.75) is 19.8 Å². The monoisotopic (exact) mass is 317 g/mol. The third kappa shape index (κ3) is 2.36. The summed E-state index contributed by atoms with van der Waals surface area (Å²) in [6.45, 7) is 4.13. The highest BCUT2D eigenvalue weighted by Gasteiger charge is 2.28. The first-order chi connectivity index (χ1) is 10.6. The number of aromatic nitrogens is 4. The Morgan fingerprint density at radius 2 is 2.14 bits per heavy atom. The molecule has 0 atom stereocenters. The van der Waals surface area contributed by atoms with Crippen LogP contribution in [-0.4, -0.2) is 33.6 Å². The third-order valence-corrected chi connectivity index (χ3v) is 4.46. The van der Waals surface area contributed by atoms with Crippen molar-refractivity contribution in [2.24, 2.45) is 0 Å². The van der Waals surface area contributed by atoms with Crippen molar-refractivity contribution in [1.82, 2.24) is 20.6 Å². The molecule has 3 rings (SSSR count). The molecular weight excluding hydrogens is 302 g/mol. The number of anilines is 1. The number of hydroxylamine groups is 1. The topological polar surface area (TPSA) is 84.0 Å². The highest BCUT2D eigenvalue weighted by molar-refractivity contribution is 7.21. The standard InChI is InChI=1S/C14H15N5O2S/c1-8(2)11-9-6-4-5-7-10(9)22-12(11)13(20)19(21-3)14-15-17-18-16-14/h4-8H,1-3H3,(H,15,16,17,18). The van der Waals surface area contributed by atoms with E-state index in [4.69, 9.17) is 4.84 Å². The zero-order valence-electron chi connectivity index (χ0n) is 12.4. The van der Waals surface area contributed by atoms with Gasteiger partial charge in [0.15, 0.2) is 0 Å². The van der Waals surface area contributed by atoms with Crippen molar-refractivity contribution in [3.63, 3.8) is 0 Å². The predicted molar refractivity (Wildman–Crippen MR) is 83.9 cm³/mol. The maximum absolute atomic E-state index is 12.9. The Kier molecular flexibility index (Phi) is 3.86. The maximum Gasteiger partial charge on any atom is 0.297 e. The summed E-state index contributed by atoms with van der Waals surface area (Å²) in [4.78, 5) is 18.6. The van der Waals surface area contributed by atoms with Gasteiger partial charge in [0.05, 0.1) is 12.0 Å². The third-order valence-electron chi connectivity index (χ3n) is 3.29. The second-order valence-corrected chi connectivity index (χ2v) is 6.04. The van der Waals surface area contributed by atoms with Crippen LogP contribution in [0.3, 0.4) is 0 Å². The van der Waals surface area contributed by atoms with Crippen LogP contribution in [0.5, 0.6) is 0 Å². The van der Waals surface area contributed by atoms with Crippen molar-refractivity contribution >= 4 is 33.3 Å². The molecule has 22 heavy (non-hydrogen) atoms. The van der Waals surface area contributed by atoms with Crippen LogP contribution in [0.25, 0.3) is 10.1 Å². The minimum absolute atomic E-state index is 0.0830. The Labute approximate surface area is 130 Å². The van der Waals surface area contributed by atoms with Gasteiger partial charge in [-0.25, -0.2) is 0 Å². The molecular formula is C14H15N5O2S. The minimum Gasteiger partial charge on any atom is -0.266 e. The van der Waals surface area contributed by atoms with Crippen LogP contribution in [-0.2, 0) is 4.84 Å². The Morgan fingerprint density at radius 3 is 2.77 bits per heavy atom. The zero-order chi connectivity index (χ0) is 15.7. The molecule has 0 radical (unpaired) electrons. The molecule has 0 aliphatic carbocycles. The van der Waals surface area contributed by atoms with Crippen molar-refractivity contribution in [1.29, 1.82) is 0 Å². The fourth-order valence-corrected chi connectivity index (χ4v) is 3.67. The van der Waals surface area contributed by atoms with Crippen LogP contribution >= 0.6 is 11.3 Å². The molecule has 2 aromatic heterocycles. The highest BCUT2D eigenvalue weighted by Crippen LogP contribution is 2.37. The van der Waals surface area contributed by atoms with E-state index >= 15 is 0 Å². The van der Waals surface area contributed by atoms with Crippen LogP contribution in [0.4, 0.5) is 5.95 Å². The van der Waals surface area contributed by atoms with E-state index in [9.17, 15) is 4.79 Å². The quantitative estimate of drug-likeness (QED) is 0.748. The molecule has 2 heterocycles. The lowest BCUT2D eigenvalue weighted by molar-refractivity contribution is 0.0767. The molecule has 0 spiro atoms. The van der Waals surface area contributed by atoms with E-state index in [1.807, 2.05) is 24.3 Å². The van der Waals surface area contributed by atoms with E-state index < -0.39 is 0 Å². The number of hydrogen-bond acceptors (Lipinski definition) is 6. The fourth-order valence-electron chi connectivity index (χ4n) is 2.39. The second kappa shape index (κ2) is 5.82. The van der Waals surface area contributed by atoms with E-state index in [1.165, 1.54) is 18.4 Å². The molecule has 0 saturated carbocycles. The minimum atomic E-state index is -0.297. The van der Waals surface area contributed by atoms with Crippen LogP contribution < -0.4 is 5.06 Å². The number of tetrazole rings is 1. The first-order valence-corrected chi connectivity index (χ1v) is 7.58. The summed E-state index contributed by atoms with van der Waals surface area (Å²) < 4.78 is 1.07. The summed E-state index contributed by atoms with van der Waals surface area (Å²) in [6, 6.07) is 7.98. The molecule has 1 amide bonds. The molecule has 1 N–H and O–H groups in total. The molecule has 0 aliphatic rings. The molecule has 0 aliphatic heterocycles. The SMILES string of the molecule is CON(C(=O)c1sc2ccccc2c1C(C)C)c1nn[nH]n1.